The lowest BCUT2D eigenvalue weighted by Crippen LogP contribution is -2.10. The number of hydrogen-bond donors (Lipinski definition) is 2. The van der Waals surface area contributed by atoms with E-state index in [0.29, 0.717) is 18.7 Å². The largest absolute Gasteiger partial charge is 0.396 e. The van der Waals surface area contributed by atoms with Crippen LogP contribution >= 0.6 is 0 Å². The number of allylic oxidation sites excluding steroid dienone is 1. The Hall–Kier alpha value is -3.12. The van der Waals surface area contributed by atoms with Gasteiger partial charge in [0.15, 0.2) is 0 Å². The molecule has 0 saturated heterocycles. The van der Waals surface area contributed by atoms with Crippen LogP contribution < -0.4 is 11.5 Å². The monoisotopic (exact) mass is 358 g/mol. The Kier molecular flexibility index (Phi) is 4.89. The Morgan fingerprint density at radius 1 is 1.07 bits per heavy atom. The maximum absolute atomic E-state index is 6.56. The minimum Gasteiger partial charge on any atom is -0.396 e. The fourth-order valence-electron chi connectivity index (χ4n) is 3.34. The average molecular weight is 358 g/mol. The zero-order valence-electron chi connectivity index (χ0n) is 15.1. The summed E-state index contributed by atoms with van der Waals surface area (Å²) in [6, 6.07) is 11.8. The van der Waals surface area contributed by atoms with E-state index in [2.05, 4.69) is 15.0 Å². The molecule has 27 heavy (non-hydrogen) atoms. The molecule has 1 aliphatic heterocycles. The third-order valence-corrected chi connectivity index (χ3v) is 4.65. The van der Waals surface area contributed by atoms with Gasteiger partial charge < -0.3 is 11.5 Å². The first-order valence-electron chi connectivity index (χ1n) is 9.17. The number of pyridine rings is 1. The molecule has 0 amide bonds. The van der Waals surface area contributed by atoms with E-state index in [9.17, 15) is 0 Å². The van der Waals surface area contributed by atoms with Crippen molar-refractivity contribution >= 4 is 28.0 Å². The zero-order chi connectivity index (χ0) is 18.6. The standard InChI is InChI=1S/C21H22N6/c22-9-8-15-13-26-16-7-6-14(12-19(16)27-15)20(17-5-3-11-24-17)21(23)18-4-1-2-10-25-18/h1-2,4,6-7,10,12-13H,3,5,8-9,11,22-23H2/b21-20-. The van der Waals surface area contributed by atoms with Gasteiger partial charge in [0.05, 0.1) is 28.1 Å². The number of nitrogens with zero attached hydrogens (tertiary/aromatic N) is 4. The molecule has 3 aromatic rings. The molecule has 1 aromatic carbocycles. The van der Waals surface area contributed by atoms with Crippen LogP contribution in [0.25, 0.3) is 22.3 Å². The number of benzene rings is 1. The molecule has 0 spiro atoms. The molecule has 4 N–H and O–H groups in total. The summed E-state index contributed by atoms with van der Waals surface area (Å²) in [6.07, 6.45) is 6.21. The Bertz CT molecular complexity index is 1020. The van der Waals surface area contributed by atoms with Gasteiger partial charge >= 0.3 is 0 Å². The Balaban J connectivity index is 1.87. The van der Waals surface area contributed by atoms with Crippen LogP contribution in [-0.4, -0.2) is 33.8 Å². The molecule has 0 bridgehead atoms. The van der Waals surface area contributed by atoms with Crippen molar-refractivity contribution in [3.05, 3.63) is 65.7 Å². The van der Waals surface area contributed by atoms with Crippen molar-refractivity contribution in [1.29, 1.82) is 0 Å². The van der Waals surface area contributed by atoms with Crippen LogP contribution in [-0.2, 0) is 6.42 Å². The van der Waals surface area contributed by atoms with Gasteiger partial charge in [-0.15, -0.1) is 0 Å². The van der Waals surface area contributed by atoms with Crippen LogP contribution in [0.4, 0.5) is 0 Å². The predicted molar refractivity (Wildman–Crippen MR) is 109 cm³/mol. The number of hydrogen-bond acceptors (Lipinski definition) is 6. The van der Waals surface area contributed by atoms with Crippen LogP contribution in [0.15, 0.2) is 53.8 Å². The fraction of sp³-hybridized carbons (Fsp3) is 0.238. The molecule has 0 aliphatic carbocycles. The van der Waals surface area contributed by atoms with E-state index in [1.165, 1.54) is 0 Å². The molecule has 6 nitrogen and oxygen atoms in total. The first-order chi connectivity index (χ1) is 13.3. The summed E-state index contributed by atoms with van der Waals surface area (Å²) in [5, 5.41) is 0. The third-order valence-electron chi connectivity index (χ3n) is 4.65. The zero-order valence-corrected chi connectivity index (χ0v) is 15.1. The fourth-order valence-corrected chi connectivity index (χ4v) is 3.34. The maximum Gasteiger partial charge on any atom is 0.0896 e. The predicted octanol–water partition coefficient (Wildman–Crippen LogP) is 2.59. The Morgan fingerprint density at radius 3 is 2.74 bits per heavy atom. The van der Waals surface area contributed by atoms with Gasteiger partial charge in [0, 0.05) is 36.6 Å². The molecule has 2 aromatic heterocycles. The third kappa shape index (κ3) is 3.57. The van der Waals surface area contributed by atoms with Crippen LogP contribution in [0.2, 0.25) is 0 Å². The van der Waals surface area contributed by atoms with Crippen molar-refractivity contribution in [2.75, 3.05) is 13.1 Å². The first kappa shape index (κ1) is 17.3. The number of rotatable bonds is 5. The average Bonchev–Trinajstić information content (AvgIpc) is 3.23. The van der Waals surface area contributed by atoms with Gasteiger partial charge in [-0.1, -0.05) is 12.1 Å². The summed E-state index contributed by atoms with van der Waals surface area (Å²) >= 11 is 0. The second-order valence-electron chi connectivity index (χ2n) is 6.54. The molecule has 6 heteroatoms. The van der Waals surface area contributed by atoms with E-state index in [1.807, 2.05) is 36.4 Å². The highest BCUT2D eigenvalue weighted by molar-refractivity contribution is 6.30. The van der Waals surface area contributed by atoms with Gasteiger partial charge in [-0.25, -0.2) is 4.98 Å². The van der Waals surface area contributed by atoms with Crippen LogP contribution in [0, 0.1) is 0 Å². The summed E-state index contributed by atoms with van der Waals surface area (Å²) < 4.78 is 0. The SMILES string of the molecule is NCCc1cnc2ccc(/C(C3=NCCC3)=C(/N)c3ccccn3)cc2n1. The minimum atomic E-state index is 0.550. The molecular weight excluding hydrogens is 336 g/mol. The summed E-state index contributed by atoms with van der Waals surface area (Å²) in [5.41, 5.74) is 19.2. The molecule has 0 unspecified atom stereocenters. The van der Waals surface area contributed by atoms with E-state index in [0.717, 1.165) is 58.7 Å². The second-order valence-corrected chi connectivity index (χ2v) is 6.54. The van der Waals surface area contributed by atoms with Crippen LogP contribution in [0.3, 0.4) is 0 Å². The summed E-state index contributed by atoms with van der Waals surface area (Å²) in [4.78, 5) is 18.3. The van der Waals surface area contributed by atoms with Gasteiger partial charge in [0.25, 0.3) is 0 Å². The van der Waals surface area contributed by atoms with Gasteiger partial charge in [-0.05, 0) is 49.2 Å². The highest BCUT2D eigenvalue weighted by Gasteiger charge is 2.19. The highest BCUT2D eigenvalue weighted by Crippen LogP contribution is 2.29. The van der Waals surface area contributed by atoms with Crippen molar-refractivity contribution in [3.63, 3.8) is 0 Å². The Labute approximate surface area is 158 Å². The lowest BCUT2D eigenvalue weighted by atomic mass is 9.95. The lowest BCUT2D eigenvalue weighted by Gasteiger charge is -2.13. The lowest BCUT2D eigenvalue weighted by molar-refractivity contribution is 0.922. The van der Waals surface area contributed by atoms with Crippen LogP contribution in [0.1, 0.15) is 29.8 Å². The second kappa shape index (κ2) is 7.63. The minimum absolute atomic E-state index is 0.550. The highest BCUT2D eigenvalue weighted by atomic mass is 14.8. The summed E-state index contributed by atoms with van der Waals surface area (Å²) in [7, 11) is 0. The topological polar surface area (TPSA) is 103 Å². The number of nitrogens with two attached hydrogens (primary N) is 2. The molecular formula is C21H22N6. The number of fused-ring (bicyclic) bond motifs is 1. The number of aliphatic imine (C=N–C) groups is 1. The molecule has 136 valence electrons. The van der Waals surface area contributed by atoms with Gasteiger partial charge in [0.1, 0.15) is 0 Å². The van der Waals surface area contributed by atoms with E-state index in [1.54, 1.807) is 12.4 Å². The van der Waals surface area contributed by atoms with E-state index in [4.69, 9.17) is 16.5 Å². The molecule has 0 radical (unpaired) electrons. The molecule has 0 fully saturated rings. The molecule has 4 rings (SSSR count). The number of aromatic nitrogens is 3. The normalized spacial score (nSPS) is 14.9. The van der Waals surface area contributed by atoms with E-state index < -0.39 is 0 Å². The molecule has 0 atom stereocenters. The van der Waals surface area contributed by atoms with Crippen molar-refractivity contribution in [2.45, 2.75) is 19.3 Å². The Morgan fingerprint density at radius 2 is 2.00 bits per heavy atom. The molecule has 0 saturated carbocycles. The van der Waals surface area contributed by atoms with Crippen LogP contribution in [0.5, 0.6) is 0 Å². The quantitative estimate of drug-likeness (QED) is 0.730. The van der Waals surface area contributed by atoms with Gasteiger partial charge in [0.2, 0.25) is 0 Å². The maximum atomic E-state index is 6.56. The van der Waals surface area contributed by atoms with Gasteiger partial charge in [-0.2, -0.15) is 0 Å². The summed E-state index contributed by atoms with van der Waals surface area (Å²) in [6.45, 7) is 1.39. The van der Waals surface area contributed by atoms with E-state index in [-0.39, 0.29) is 0 Å². The van der Waals surface area contributed by atoms with Crippen molar-refractivity contribution in [1.82, 2.24) is 15.0 Å². The smallest absolute Gasteiger partial charge is 0.0896 e. The van der Waals surface area contributed by atoms with E-state index >= 15 is 0 Å². The summed E-state index contributed by atoms with van der Waals surface area (Å²) in [5.74, 6) is 0. The molecule has 3 heterocycles. The first-order valence-corrected chi connectivity index (χ1v) is 9.17. The van der Waals surface area contributed by atoms with Crippen molar-refractivity contribution < 1.29 is 0 Å². The van der Waals surface area contributed by atoms with Crippen molar-refractivity contribution in [2.24, 2.45) is 16.5 Å². The van der Waals surface area contributed by atoms with Crippen molar-refractivity contribution in [3.8, 4) is 0 Å². The van der Waals surface area contributed by atoms with Gasteiger partial charge in [-0.3, -0.25) is 15.0 Å². The molecule has 1 aliphatic rings.